The van der Waals surface area contributed by atoms with Crippen molar-refractivity contribution in [3.63, 3.8) is 0 Å². The van der Waals surface area contributed by atoms with Crippen molar-refractivity contribution < 1.29 is 23.9 Å². The van der Waals surface area contributed by atoms with E-state index in [0.717, 1.165) is 0 Å². The fraction of sp³-hybridized carbons (Fsp3) is 0.611. The third-order valence-electron chi connectivity index (χ3n) is 4.19. The van der Waals surface area contributed by atoms with Crippen LogP contribution in [0.4, 0.5) is 4.79 Å². The fourth-order valence-corrected chi connectivity index (χ4v) is 3.00. The van der Waals surface area contributed by atoms with Gasteiger partial charge in [-0.25, -0.2) is 9.59 Å². The molecule has 150 valence electrons. The highest BCUT2D eigenvalue weighted by molar-refractivity contribution is 5.89. The standard InChI is InChI=1S/C18H28N4O5/c1-18(2,3)27-17(25)20-12-7-13(21(4)10-12)15(23)19-11-8-14(16(24)26-6)22(5)9-11/h8,10-11,13H,7,9H2,1-6H3,(H,19,23)(H,20,25). The van der Waals surface area contributed by atoms with Crippen LogP contribution in [0.2, 0.25) is 0 Å². The Labute approximate surface area is 159 Å². The third-order valence-corrected chi connectivity index (χ3v) is 4.19. The number of carbonyl (C=O) groups is 3. The van der Waals surface area contributed by atoms with Crippen LogP contribution in [0.1, 0.15) is 27.2 Å². The van der Waals surface area contributed by atoms with Gasteiger partial charge < -0.3 is 24.6 Å². The maximum Gasteiger partial charge on any atom is 0.411 e. The molecule has 0 bridgehead atoms. The average Bonchev–Trinajstić information content (AvgIpc) is 3.07. The predicted molar refractivity (Wildman–Crippen MR) is 98.3 cm³/mol. The first-order chi connectivity index (χ1) is 12.5. The summed E-state index contributed by atoms with van der Waals surface area (Å²) in [6.45, 7) is 5.84. The van der Waals surface area contributed by atoms with Crippen LogP contribution in [0.5, 0.6) is 0 Å². The second-order valence-electron chi connectivity index (χ2n) is 7.71. The number of amides is 2. The fourth-order valence-electron chi connectivity index (χ4n) is 3.00. The normalized spacial score (nSPS) is 22.1. The molecule has 2 unspecified atom stereocenters. The van der Waals surface area contributed by atoms with E-state index in [1.807, 2.05) is 0 Å². The summed E-state index contributed by atoms with van der Waals surface area (Å²) in [6, 6.07) is -0.733. The van der Waals surface area contributed by atoms with Gasteiger partial charge in [-0.3, -0.25) is 10.1 Å². The Balaban J connectivity index is 1.91. The second-order valence-corrected chi connectivity index (χ2v) is 7.71. The van der Waals surface area contributed by atoms with E-state index < -0.39 is 23.7 Å². The largest absolute Gasteiger partial charge is 0.464 e. The molecule has 0 aliphatic carbocycles. The number of hydrogen-bond acceptors (Lipinski definition) is 7. The Hall–Kier alpha value is -2.71. The molecule has 2 rings (SSSR count). The van der Waals surface area contributed by atoms with E-state index in [4.69, 9.17) is 9.47 Å². The molecule has 0 saturated carbocycles. The Morgan fingerprint density at radius 1 is 1.22 bits per heavy atom. The van der Waals surface area contributed by atoms with Crippen LogP contribution in [0.15, 0.2) is 23.7 Å². The van der Waals surface area contributed by atoms with Crippen LogP contribution in [0.3, 0.4) is 0 Å². The Bertz CT molecular complexity index is 680. The highest BCUT2D eigenvalue weighted by Crippen LogP contribution is 2.20. The molecule has 2 N–H and O–H groups in total. The number of nitrogens with zero attached hydrogens (tertiary/aromatic N) is 2. The molecule has 0 radical (unpaired) electrons. The second kappa shape index (κ2) is 7.89. The van der Waals surface area contributed by atoms with Crippen molar-refractivity contribution >= 4 is 18.0 Å². The Kier molecular flexibility index (Phi) is 6.02. The highest BCUT2D eigenvalue weighted by Gasteiger charge is 2.33. The Morgan fingerprint density at radius 3 is 2.48 bits per heavy atom. The minimum atomic E-state index is -0.593. The number of alkyl carbamates (subject to hydrolysis) is 1. The number of hydrogen-bond donors (Lipinski definition) is 2. The van der Waals surface area contributed by atoms with Gasteiger partial charge in [0.1, 0.15) is 17.3 Å². The molecule has 0 fully saturated rings. The monoisotopic (exact) mass is 380 g/mol. The molecule has 27 heavy (non-hydrogen) atoms. The van der Waals surface area contributed by atoms with Crippen LogP contribution in [0.25, 0.3) is 0 Å². The lowest BCUT2D eigenvalue weighted by atomic mass is 10.1. The smallest absolute Gasteiger partial charge is 0.411 e. The van der Waals surface area contributed by atoms with Crippen molar-refractivity contribution in [3.8, 4) is 0 Å². The number of esters is 1. The summed E-state index contributed by atoms with van der Waals surface area (Å²) in [4.78, 5) is 39.7. The molecule has 2 aliphatic heterocycles. The van der Waals surface area contributed by atoms with Gasteiger partial charge in [0.2, 0.25) is 5.91 Å². The van der Waals surface area contributed by atoms with E-state index in [-0.39, 0.29) is 11.9 Å². The molecule has 2 atom stereocenters. The zero-order valence-electron chi connectivity index (χ0n) is 16.7. The molecule has 2 amide bonds. The van der Waals surface area contributed by atoms with Gasteiger partial charge in [-0.1, -0.05) is 0 Å². The third kappa shape index (κ3) is 5.38. The van der Waals surface area contributed by atoms with Crippen molar-refractivity contribution in [3.05, 3.63) is 23.7 Å². The van der Waals surface area contributed by atoms with Gasteiger partial charge in [-0.2, -0.15) is 0 Å². The van der Waals surface area contributed by atoms with E-state index in [1.54, 1.807) is 56.9 Å². The number of likely N-dealkylation sites (N-methyl/N-ethyl adjacent to an activating group) is 2. The minimum absolute atomic E-state index is 0.185. The van der Waals surface area contributed by atoms with Crippen molar-refractivity contribution in [2.24, 2.45) is 0 Å². The first-order valence-corrected chi connectivity index (χ1v) is 8.74. The number of nitrogens with one attached hydrogen (secondary N) is 2. The van der Waals surface area contributed by atoms with E-state index in [1.165, 1.54) is 7.11 Å². The van der Waals surface area contributed by atoms with E-state index in [9.17, 15) is 14.4 Å². The SMILES string of the molecule is COC(=O)C1=CC(NC(=O)C2CC(NC(=O)OC(C)(C)C)=CN2C)CN1C. The van der Waals surface area contributed by atoms with Gasteiger partial charge in [0.25, 0.3) is 0 Å². The molecular formula is C18H28N4O5. The average molecular weight is 380 g/mol. The maximum atomic E-state index is 12.6. The molecule has 0 spiro atoms. The number of methoxy groups -OCH3 is 1. The lowest BCUT2D eigenvalue weighted by Gasteiger charge is -2.22. The molecule has 0 aromatic carbocycles. The predicted octanol–water partition coefficient (Wildman–Crippen LogP) is 0.544. The molecule has 0 saturated heterocycles. The van der Waals surface area contributed by atoms with Crippen molar-refractivity contribution in [1.29, 1.82) is 0 Å². The van der Waals surface area contributed by atoms with Crippen LogP contribution >= 0.6 is 0 Å². The zero-order chi connectivity index (χ0) is 20.4. The topological polar surface area (TPSA) is 100 Å². The van der Waals surface area contributed by atoms with Gasteiger partial charge in [0.15, 0.2) is 0 Å². The summed E-state index contributed by atoms with van der Waals surface area (Å²) in [7, 11) is 4.85. The minimum Gasteiger partial charge on any atom is -0.464 e. The van der Waals surface area contributed by atoms with E-state index in [2.05, 4.69) is 10.6 Å². The van der Waals surface area contributed by atoms with Crippen LogP contribution < -0.4 is 10.6 Å². The van der Waals surface area contributed by atoms with Crippen molar-refractivity contribution in [2.75, 3.05) is 27.7 Å². The molecule has 9 nitrogen and oxygen atoms in total. The van der Waals surface area contributed by atoms with Crippen molar-refractivity contribution in [2.45, 2.75) is 44.9 Å². The van der Waals surface area contributed by atoms with Gasteiger partial charge in [0.05, 0.1) is 13.2 Å². The van der Waals surface area contributed by atoms with Gasteiger partial charge in [-0.15, -0.1) is 0 Å². The summed E-state index contributed by atoms with van der Waals surface area (Å²) in [5, 5.41) is 5.60. The van der Waals surface area contributed by atoms with Crippen molar-refractivity contribution in [1.82, 2.24) is 20.4 Å². The molecule has 2 aliphatic rings. The lowest BCUT2D eigenvalue weighted by Crippen LogP contribution is -2.46. The zero-order valence-corrected chi connectivity index (χ0v) is 16.7. The van der Waals surface area contributed by atoms with Crippen LogP contribution in [-0.4, -0.2) is 73.2 Å². The molecule has 2 heterocycles. The Morgan fingerprint density at radius 2 is 1.89 bits per heavy atom. The number of carbonyl (C=O) groups excluding carboxylic acids is 3. The van der Waals surface area contributed by atoms with E-state index >= 15 is 0 Å². The molecule has 0 aromatic rings. The van der Waals surface area contributed by atoms with Crippen LogP contribution in [-0.2, 0) is 19.1 Å². The first-order valence-electron chi connectivity index (χ1n) is 8.74. The maximum absolute atomic E-state index is 12.6. The van der Waals surface area contributed by atoms with Crippen LogP contribution in [0, 0.1) is 0 Å². The van der Waals surface area contributed by atoms with Gasteiger partial charge in [-0.05, 0) is 26.8 Å². The summed E-state index contributed by atoms with van der Waals surface area (Å²) in [5.74, 6) is -0.617. The quantitative estimate of drug-likeness (QED) is 0.687. The highest BCUT2D eigenvalue weighted by atomic mass is 16.6. The first kappa shape index (κ1) is 20.6. The summed E-state index contributed by atoms with van der Waals surface area (Å²) in [5.41, 5.74) is 0.443. The number of ether oxygens (including phenoxy) is 2. The molecule has 9 heteroatoms. The molecular weight excluding hydrogens is 352 g/mol. The van der Waals surface area contributed by atoms with E-state index in [0.29, 0.717) is 24.4 Å². The van der Waals surface area contributed by atoms with Gasteiger partial charge >= 0.3 is 12.1 Å². The molecule has 0 aromatic heterocycles. The lowest BCUT2D eigenvalue weighted by molar-refractivity contribution is -0.137. The summed E-state index contributed by atoms with van der Waals surface area (Å²) in [6.07, 6.45) is 3.21. The number of rotatable bonds is 4. The summed E-state index contributed by atoms with van der Waals surface area (Å²) < 4.78 is 9.96. The van der Waals surface area contributed by atoms with Gasteiger partial charge in [0, 0.05) is 39.0 Å². The summed E-state index contributed by atoms with van der Waals surface area (Å²) >= 11 is 0.